The first kappa shape index (κ1) is 12.5. The maximum atomic E-state index is 11.4. The van der Waals surface area contributed by atoms with Crippen molar-refractivity contribution in [2.24, 2.45) is 5.92 Å². The van der Waals surface area contributed by atoms with Crippen molar-refractivity contribution in [3.8, 4) is 0 Å². The number of Topliss-reactive ketones (excluding diaryl/α,β-unsaturated/α-hetero) is 1. The summed E-state index contributed by atoms with van der Waals surface area (Å²) in [5.41, 5.74) is 0. The highest BCUT2D eigenvalue weighted by Gasteiger charge is 2.43. The Hall–Kier alpha value is -0.550. The van der Waals surface area contributed by atoms with Gasteiger partial charge in [-0.3, -0.25) is 9.59 Å². The van der Waals surface area contributed by atoms with Crippen molar-refractivity contribution < 1.29 is 14.7 Å². The van der Waals surface area contributed by atoms with Crippen LogP contribution < -0.4 is 5.32 Å². The van der Waals surface area contributed by atoms with Crippen LogP contribution in [0.5, 0.6) is 0 Å². The summed E-state index contributed by atoms with van der Waals surface area (Å²) in [6.07, 6.45) is 1.69. The zero-order valence-electron chi connectivity index (χ0n) is 8.77. The molecule has 1 aliphatic heterocycles. The van der Waals surface area contributed by atoms with Crippen molar-refractivity contribution >= 4 is 24.3 Å². The number of carbonyl (C=O) groups is 2. The number of unbranched alkanes of at least 4 members (excludes halogenated alkanes) is 1. The second-order valence-electron chi connectivity index (χ2n) is 3.91. The van der Waals surface area contributed by atoms with Crippen LogP contribution >= 0.6 is 12.6 Å². The summed E-state index contributed by atoms with van der Waals surface area (Å²) < 4.78 is 0. The molecule has 86 valence electrons. The van der Waals surface area contributed by atoms with Crippen molar-refractivity contribution in [2.75, 3.05) is 5.75 Å². The number of hydrogen-bond donors (Lipinski definition) is 3. The van der Waals surface area contributed by atoms with Crippen LogP contribution in [0.15, 0.2) is 0 Å². The fraction of sp³-hybridized carbons (Fsp3) is 0.800. The van der Waals surface area contributed by atoms with Gasteiger partial charge in [-0.25, -0.2) is 0 Å². The predicted molar refractivity (Wildman–Crippen MR) is 59.8 cm³/mol. The summed E-state index contributed by atoms with van der Waals surface area (Å²) in [6.45, 7) is 1.34. The third-order valence-corrected chi connectivity index (χ3v) is 3.04. The van der Waals surface area contributed by atoms with Gasteiger partial charge in [0.15, 0.2) is 0 Å². The second kappa shape index (κ2) is 5.51. The zero-order chi connectivity index (χ0) is 11.4. The SMILES string of the molecule is CC(=O)C1C(=O)NC(CCCCS)C1O. The molecule has 1 amide bonds. The Kier molecular flexibility index (Phi) is 4.60. The molecule has 3 atom stereocenters. The van der Waals surface area contributed by atoms with Crippen LogP contribution in [-0.2, 0) is 9.59 Å². The van der Waals surface area contributed by atoms with E-state index in [1.807, 2.05) is 0 Å². The predicted octanol–water partition coefficient (Wildman–Crippen LogP) is 0.151. The van der Waals surface area contributed by atoms with E-state index in [1.54, 1.807) is 0 Å². The number of carbonyl (C=O) groups excluding carboxylic acids is 2. The van der Waals surface area contributed by atoms with Gasteiger partial charge in [-0.1, -0.05) is 6.42 Å². The molecule has 0 aliphatic carbocycles. The van der Waals surface area contributed by atoms with E-state index in [2.05, 4.69) is 17.9 Å². The molecule has 2 N–H and O–H groups in total. The average Bonchev–Trinajstić information content (AvgIpc) is 2.42. The van der Waals surface area contributed by atoms with Crippen molar-refractivity contribution in [1.29, 1.82) is 0 Å². The second-order valence-corrected chi connectivity index (χ2v) is 4.36. The van der Waals surface area contributed by atoms with Crippen LogP contribution in [-0.4, -0.2) is 34.7 Å². The molecule has 0 radical (unpaired) electrons. The molecule has 1 aliphatic rings. The van der Waals surface area contributed by atoms with Crippen LogP contribution in [0, 0.1) is 5.92 Å². The number of rotatable bonds is 5. The number of amides is 1. The maximum Gasteiger partial charge on any atom is 0.233 e. The molecule has 1 saturated heterocycles. The first-order chi connectivity index (χ1) is 7.07. The average molecular weight is 231 g/mol. The fourth-order valence-electron chi connectivity index (χ4n) is 1.89. The third kappa shape index (κ3) is 2.95. The number of thiol groups is 1. The maximum absolute atomic E-state index is 11.4. The summed E-state index contributed by atoms with van der Waals surface area (Å²) in [6, 6.07) is -0.272. The number of aliphatic hydroxyl groups excluding tert-OH is 1. The summed E-state index contributed by atoms with van der Waals surface area (Å²) in [4.78, 5) is 22.5. The third-order valence-electron chi connectivity index (χ3n) is 2.73. The van der Waals surface area contributed by atoms with Gasteiger partial charge in [0.05, 0.1) is 12.1 Å². The molecule has 3 unspecified atom stereocenters. The molecule has 1 fully saturated rings. The van der Waals surface area contributed by atoms with Crippen LogP contribution in [0.1, 0.15) is 26.2 Å². The highest BCUT2D eigenvalue weighted by Crippen LogP contribution is 2.21. The molecule has 1 heterocycles. The lowest BCUT2D eigenvalue weighted by atomic mass is 9.95. The standard InChI is InChI=1S/C10H17NO3S/c1-6(12)8-9(13)7(11-10(8)14)4-2-3-5-15/h7-9,13,15H,2-5H2,1H3,(H,11,14). The van der Waals surface area contributed by atoms with Crippen molar-refractivity contribution in [3.63, 3.8) is 0 Å². The van der Waals surface area contributed by atoms with Crippen molar-refractivity contribution in [1.82, 2.24) is 5.32 Å². The van der Waals surface area contributed by atoms with E-state index in [1.165, 1.54) is 6.92 Å². The minimum Gasteiger partial charge on any atom is -0.390 e. The van der Waals surface area contributed by atoms with E-state index >= 15 is 0 Å². The molecule has 0 aromatic heterocycles. The Labute approximate surface area is 94.8 Å². The Bertz CT molecular complexity index is 257. The van der Waals surface area contributed by atoms with E-state index in [0.717, 1.165) is 18.6 Å². The molecule has 0 saturated carbocycles. The monoisotopic (exact) mass is 231 g/mol. The normalized spacial score (nSPS) is 30.3. The zero-order valence-corrected chi connectivity index (χ0v) is 9.67. The molecule has 0 aromatic carbocycles. The minimum absolute atomic E-state index is 0.267. The minimum atomic E-state index is -0.869. The molecule has 1 rings (SSSR count). The molecule has 0 bridgehead atoms. The lowest BCUT2D eigenvalue weighted by Crippen LogP contribution is -2.32. The lowest BCUT2D eigenvalue weighted by molar-refractivity contribution is -0.132. The van der Waals surface area contributed by atoms with Crippen LogP contribution in [0.4, 0.5) is 0 Å². The molecule has 15 heavy (non-hydrogen) atoms. The van der Waals surface area contributed by atoms with Crippen LogP contribution in [0.25, 0.3) is 0 Å². The van der Waals surface area contributed by atoms with Gasteiger partial charge in [-0.2, -0.15) is 12.6 Å². The van der Waals surface area contributed by atoms with Gasteiger partial charge in [-0.15, -0.1) is 0 Å². The van der Waals surface area contributed by atoms with Gasteiger partial charge in [0, 0.05) is 0 Å². The highest BCUT2D eigenvalue weighted by molar-refractivity contribution is 7.80. The summed E-state index contributed by atoms with van der Waals surface area (Å²) in [5, 5.41) is 12.4. The Morgan fingerprint density at radius 3 is 2.67 bits per heavy atom. The number of nitrogens with one attached hydrogen (secondary N) is 1. The van der Waals surface area contributed by atoms with Crippen LogP contribution in [0.2, 0.25) is 0 Å². The summed E-state index contributed by atoms with van der Waals surface area (Å²) in [5.74, 6) is -0.680. The smallest absolute Gasteiger partial charge is 0.233 e. The van der Waals surface area contributed by atoms with Gasteiger partial charge in [0.25, 0.3) is 0 Å². The Balaban J connectivity index is 2.49. The van der Waals surface area contributed by atoms with E-state index < -0.39 is 12.0 Å². The molecule has 0 spiro atoms. The largest absolute Gasteiger partial charge is 0.390 e. The molecule has 4 nitrogen and oxygen atoms in total. The van der Waals surface area contributed by atoms with Gasteiger partial charge in [0.2, 0.25) is 5.91 Å². The first-order valence-electron chi connectivity index (χ1n) is 5.17. The van der Waals surface area contributed by atoms with Gasteiger partial charge in [-0.05, 0) is 25.5 Å². The molecular weight excluding hydrogens is 214 g/mol. The molecule has 0 aromatic rings. The van der Waals surface area contributed by atoms with Gasteiger partial charge in [0.1, 0.15) is 11.7 Å². The van der Waals surface area contributed by atoms with Crippen molar-refractivity contribution in [3.05, 3.63) is 0 Å². The van der Waals surface area contributed by atoms with E-state index in [4.69, 9.17) is 0 Å². The summed E-state index contributed by atoms with van der Waals surface area (Å²) >= 11 is 4.08. The summed E-state index contributed by atoms with van der Waals surface area (Å²) in [7, 11) is 0. The number of ketones is 1. The number of hydrogen-bond acceptors (Lipinski definition) is 4. The lowest BCUT2D eigenvalue weighted by Gasteiger charge is -2.15. The Morgan fingerprint density at radius 2 is 2.20 bits per heavy atom. The first-order valence-corrected chi connectivity index (χ1v) is 5.81. The fourth-order valence-corrected chi connectivity index (χ4v) is 2.11. The number of aliphatic hydroxyl groups is 1. The highest BCUT2D eigenvalue weighted by atomic mass is 32.1. The quantitative estimate of drug-likeness (QED) is 0.358. The topological polar surface area (TPSA) is 66.4 Å². The van der Waals surface area contributed by atoms with Crippen LogP contribution in [0.3, 0.4) is 0 Å². The van der Waals surface area contributed by atoms with E-state index in [-0.39, 0.29) is 17.7 Å². The molecule has 5 heteroatoms. The van der Waals surface area contributed by atoms with E-state index in [0.29, 0.717) is 6.42 Å². The van der Waals surface area contributed by atoms with Gasteiger partial charge >= 0.3 is 0 Å². The molecular formula is C10H17NO3S. The van der Waals surface area contributed by atoms with Gasteiger partial charge < -0.3 is 10.4 Å². The van der Waals surface area contributed by atoms with Crippen molar-refractivity contribution in [2.45, 2.75) is 38.3 Å². The Morgan fingerprint density at radius 1 is 1.53 bits per heavy atom. The van der Waals surface area contributed by atoms with E-state index in [9.17, 15) is 14.7 Å².